The summed E-state index contributed by atoms with van der Waals surface area (Å²) in [6.45, 7) is 10.4. The van der Waals surface area contributed by atoms with E-state index in [1.54, 1.807) is 0 Å². The summed E-state index contributed by atoms with van der Waals surface area (Å²) in [5.74, 6) is 0.639. The van der Waals surface area contributed by atoms with Gasteiger partial charge in [0, 0.05) is 24.1 Å². The Morgan fingerprint density at radius 1 is 1.16 bits per heavy atom. The molecule has 1 aliphatic heterocycles. The molecule has 0 spiro atoms. The van der Waals surface area contributed by atoms with Crippen molar-refractivity contribution in [2.24, 2.45) is 7.05 Å². The molecule has 1 aromatic heterocycles. The van der Waals surface area contributed by atoms with Gasteiger partial charge in [0.1, 0.15) is 0 Å². The number of hydrogen-bond acceptors (Lipinski definition) is 3. The van der Waals surface area contributed by atoms with Gasteiger partial charge in [-0.25, -0.2) is 0 Å². The molecule has 0 N–H and O–H groups in total. The molecule has 0 amide bonds. The van der Waals surface area contributed by atoms with Crippen LogP contribution < -0.4 is 5.46 Å². The molecule has 0 radical (unpaired) electrons. The van der Waals surface area contributed by atoms with Gasteiger partial charge in [-0.3, -0.25) is 4.68 Å². The van der Waals surface area contributed by atoms with Crippen LogP contribution in [0.5, 0.6) is 0 Å². The van der Waals surface area contributed by atoms with Crippen LogP contribution >= 0.6 is 0 Å². The smallest absolute Gasteiger partial charge is 0.399 e. The van der Waals surface area contributed by atoms with Crippen molar-refractivity contribution in [2.75, 3.05) is 0 Å². The van der Waals surface area contributed by atoms with E-state index in [-0.39, 0.29) is 18.3 Å². The lowest BCUT2D eigenvalue weighted by Gasteiger charge is -2.32. The maximum atomic E-state index is 6.19. The van der Waals surface area contributed by atoms with Crippen molar-refractivity contribution in [3.05, 3.63) is 11.4 Å². The average Bonchev–Trinajstić information content (AvgIpc) is 2.98. The molecule has 19 heavy (non-hydrogen) atoms. The molecule has 1 saturated heterocycles. The minimum absolute atomic E-state index is 0.283. The molecule has 104 valence electrons. The summed E-state index contributed by atoms with van der Waals surface area (Å²) in [7, 11) is 1.74. The number of aromatic nitrogens is 2. The molecule has 1 aliphatic carbocycles. The topological polar surface area (TPSA) is 36.3 Å². The van der Waals surface area contributed by atoms with Gasteiger partial charge in [-0.1, -0.05) is 0 Å². The maximum Gasteiger partial charge on any atom is 0.498 e. The van der Waals surface area contributed by atoms with Crippen molar-refractivity contribution in [1.29, 1.82) is 0 Å². The minimum atomic E-state index is -0.291. The molecule has 1 aromatic rings. The second kappa shape index (κ2) is 3.86. The SMILES string of the molecule is Cc1nn(C)c(C2CC2)c1B1OC(C)(C)C(C)(C)O1. The molecular formula is C14H23BN2O2. The lowest BCUT2D eigenvalue weighted by atomic mass is 9.76. The van der Waals surface area contributed by atoms with Crippen LogP contribution in [0.15, 0.2) is 0 Å². The summed E-state index contributed by atoms with van der Waals surface area (Å²) >= 11 is 0. The van der Waals surface area contributed by atoms with Crippen LogP contribution in [-0.4, -0.2) is 28.1 Å². The molecule has 1 saturated carbocycles. The highest BCUT2D eigenvalue weighted by Crippen LogP contribution is 2.41. The average molecular weight is 262 g/mol. The molecule has 4 nitrogen and oxygen atoms in total. The van der Waals surface area contributed by atoms with Crippen LogP contribution in [-0.2, 0) is 16.4 Å². The fourth-order valence-corrected chi connectivity index (χ4v) is 2.79. The Kier molecular flexibility index (Phi) is 2.68. The number of hydrogen-bond donors (Lipinski definition) is 0. The van der Waals surface area contributed by atoms with Crippen LogP contribution in [0.3, 0.4) is 0 Å². The van der Waals surface area contributed by atoms with Gasteiger partial charge in [-0.2, -0.15) is 5.10 Å². The Bertz CT molecular complexity index is 502. The van der Waals surface area contributed by atoms with Gasteiger partial charge in [0.15, 0.2) is 0 Å². The summed E-state index contributed by atoms with van der Waals surface area (Å²) in [6.07, 6.45) is 2.51. The monoisotopic (exact) mass is 262 g/mol. The van der Waals surface area contributed by atoms with E-state index >= 15 is 0 Å². The third kappa shape index (κ3) is 1.94. The Balaban J connectivity index is 2.00. The van der Waals surface area contributed by atoms with Crippen LogP contribution in [0.2, 0.25) is 0 Å². The molecule has 5 heteroatoms. The molecule has 3 rings (SSSR count). The van der Waals surface area contributed by atoms with Gasteiger partial charge in [0.2, 0.25) is 0 Å². The lowest BCUT2D eigenvalue weighted by molar-refractivity contribution is 0.00578. The Morgan fingerprint density at radius 3 is 2.16 bits per heavy atom. The van der Waals surface area contributed by atoms with E-state index in [4.69, 9.17) is 9.31 Å². The zero-order chi connectivity index (χ0) is 14.0. The summed E-state index contributed by atoms with van der Waals surface area (Å²) in [5, 5.41) is 4.57. The minimum Gasteiger partial charge on any atom is -0.399 e. The molecular weight excluding hydrogens is 239 g/mol. The van der Waals surface area contributed by atoms with Crippen LogP contribution in [0.4, 0.5) is 0 Å². The first kappa shape index (κ1) is 13.2. The van der Waals surface area contributed by atoms with Gasteiger partial charge in [-0.15, -0.1) is 0 Å². The molecule has 0 unspecified atom stereocenters. The third-order valence-corrected chi connectivity index (χ3v) is 4.77. The fourth-order valence-electron chi connectivity index (χ4n) is 2.79. The lowest BCUT2D eigenvalue weighted by Crippen LogP contribution is -2.41. The van der Waals surface area contributed by atoms with Gasteiger partial charge in [0.05, 0.1) is 16.9 Å². The first-order chi connectivity index (χ1) is 8.73. The van der Waals surface area contributed by atoms with Crippen LogP contribution in [0.1, 0.15) is 57.8 Å². The molecule has 0 atom stereocenters. The van der Waals surface area contributed by atoms with Crippen molar-refractivity contribution in [3.63, 3.8) is 0 Å². The predicted octanol–water partition coefficient (Wildman–Crippen LogP) is 1.91. The molecule has 0 bridgehead atoms. The summed E-state index contributed by atoms with van der Waals surface area (Å²) < 4.78 is 14.4. The largest absolute Gasteiger partial charge is 0.498 e. The van der Waals surface area contributed by atoms with E-state index in [1.165, 1.54) is 18.5 Å². The predicted molar refractivity (Wildman–Crippen MR) is 75.6 cm³/mol. The van der Waals surface area contributed by atoms with Crippen molar-refractivity contribution in [2.45, 2.75) is 64.6 Å². The second-order valence-corrected chi connectivity index (χ2v) is 6.87. The van der Waals surface area contributed by atoms with Gasteiger partial charge in [0.25, 0.3) is 0 Å². The Labute approximate surface area is 115 Å². The molecule has 2 fully saturated rings. The Hall–Kier alpha value is -0.805. The van der Waals surface area contributed by atoms with E-state index in [0.717, 1.165) is 11.2 Å². The van der Waals surface area contributed by atoms with E-state index in [0.29, 0.717) is 5.92 Å². The van der Waals surface area contributed by atoms with Crippen molar-refractivity contribution >= 4 is 12.6 Å². The third-order valence-electron chi connectivity index (χ3n) is 4.77. The van der Waals surface area contributed by atoms with E-state index in [2.05, 4.69) is 32.8 Å². The van der Waals surface area contributed by atoms with Crippen molar-refractivity contribution in [1.82, 2.24) is 9.78 Å². The summed E-state index contributed by atoms with van der Waals surface area (Å²) in [6, 6.07) is 0. The zero-order valence-corrected chi connectivity index (χ0v) is 12.8. The summed E-state index contributed by atoms with van der Waals surface area (Å²) in [4.78, 5) is 0. The quantitative estimate of drug-likeness (QED) is 0.764. The highest BCUT2D eigenvalue weighted by atomic mass is 16.7. The van der Waals surface area contributed by atoms with Crippen LogP contribution in [0, 0.1) is 6.92 Å². The Morgan fingerprint density at radius 2 is 1.68 bits per heavy atom. The highest BCUT2D eigenvalue weighted by Gasteiger charge is 2.54. The first-order valence-electron chi connectivity index (χ1n) is 7.12. The van der Waals surface area contributed by atoms with Gasteiger partial charge >= 0.3 is 7.12 Å². The number of nitrogens with zero attached hydrogens (tertiary/aromatic N) is 2. The molecule has 0 aromatic carbocycles. The standard InChI is InChI=1S/C14H23BN2O2/c1-9-11(12(10-7-8-10)17(6)16-9)15-18-13(2,3)14(4,5)19-15/h10H,7-8H2,1-6H3. The van der Waals surface area contributed by atoms with Crippen molar-refractivity contribution in [3.8, 4) is 0 Å². The van der Waals surface area contributed by atoms with E-state index in [9.17, 15) is 0 Å². The van der Waals surface area contributed by atoms with E-state index < -0.39 is 0 Å². The normalized spacial score (nSPS) is 25.1. The number of rotatable bonds is 2. The number of aryl methyl sites for hydroxylation is 2. The first-order valence-corrected chi connectivity index (χ1v) is 7.12. The van der Waals surface area contributed by atoms with Gasteiger partial charge < -0.3 is 9.31 Å². The highest BCUT2D eigenvalue weighted by molar-refractivity contribution is 6.63. The maximum absolute atomic E-state index is 6.19. The fraction of sp³-hybridized carbons (Fsp3) is 0.786. The van der Waals surface area contributed by atoms with E-state index in [1.807, 2.05) is 18.7 Å². The van der Waals surface area contributed by atoms with Gasteiger partial charge in [-0.05, 0) is 47.5 Å². The zero-order valence-electron chi connectivity index (χ0n) is 12.8. The van der Waals surface area contributed by atoms with Crippen LogP contribution in [0.25, 0.3) is 0 Å². The second-order valence-electron chi connectivity index (χ2n) is 6.87. The molecule has 2 heterocycles. The summed E-state index contributed by atoms with van der Waals surface area (Å²) in [5.41, 5.74) is 2.91. The molecule has 2 aliphatic rings. The van der Waals surface area contributed by atoms with Crippen molar-refractivity contribution < 1.29 is 9.31 Å².